The van der Waals surface area contributed by atoms with Crippen LogP contribution in [0, 0.1) is 11.2 Å². The summed E-state index contributed by atoms with van der Waals surface area (Å²) in [4.78, 5) is 0. The standard InChI is InChI=1S/C15H22FN/c1-14(2)8-3-4-9-15(14,17)11-12-6-5-7-13(16)10-12/h5-7,10H,3-4,8-9,11,17H2,1-2H3. The van der Waals surface area contributed by atoms with Gasteiger partial charge in [-0.05, 0) is 42.4 Å². The monoisotopic (exact) mass is 235 g/mol. The molecule has 1 atom stereocenters. The molecule has 0 spiro atoms. The summed E-state index contributed by atoms with van der Waals surface area (Å²) in [7, 11) is 0. The Kier molecular flexibility index (Phi) is 3.26. The maximum Gasteiger partial charge on any atom is 0.123 e. The normalized spacial score (nSPS) is 28.0. The highest BCUT2D eigenvalue weighted by molar-refractivity contribution is 5.21. The topological polar surface area (TPSA) is 26.0 Å². The first-order valence-corrected chi connectivity index (χ1v) is 6.46. The third kappa shape index (κ3) is 2.52. The van der Waals surface area contributed by atoms with Crippen molar-refractivity contribution in [3.8, 4) is 0 Å². The first-order chi connectivity index (χ1) is 7.93. The van der Waals surface area contributed by atoms with Gasteiger partial charge in [-0.1, -0.05) is 38.8 Å². The molecule has 2 heteroatoms. The van der Waals surface area contributed by atoms with Crippen molar-refractivity contribution >= 4 is 0 Å². The van der Waals surface area contributed by atoms with Crippen molar-refractivity contribution in [1.82, 2.24) is 0 Å². The van der Waals surface area contributed by atoms with Crippen LogP contribution in [0.15, 0.2) is 24.3 Å². The van der Waals surface area contributed by atoms with Gasteiger partial charge >= 0.3 is 0 Å². The summed E-state index contributed by atoms with van der Waals surface area (Å²) in [5.74, 6) is -0.167. The second-order valence-electron chi connectivity index (χ2n) is 6.05. The maximum absolute atomic E-state index is 13.2. The van der Waals surface area contributed by atoms with Crippen LogP contribution in [0.3, 0.4) is 0 Å². The second-order valence-corrected chi connectivity index (χ2v) is 6.05. The first-order valence-electron chi connectivity index (χ1n) is 6.46. The molecule has 0 saturated heterocycles. The van der Waals surface area contributed by atoms with E-state index in [1.165, 1.54) is 25.3 Å². The lowest BCUT2D eigenvalue weighted by molar-refractivity contribution is 0.0990. The van der Waals surface area contributed by atoms with Crippen molar-refractivity contribution in [3.63, 3.8) is 0 Å². The molecule has 2 rings (SSSR count). The zero-order valence-corrected chi connectivity index (χ0v) is 10.8. The van der Waals surface area contributed by atoms with E-state index in [2.05, 4.69) is 13.8 Å². The van der Waals surface area contributed by atoms with E-state index >= 15 is 0 Å². The number of hydrogen-bond donors (Lipinski definition) is 1. The number of halogens is 1. The van der Waals surface area contributed by atoms with Crippen molar-refractivity contribution in [2.24, 2.45) is 11.1 Å². The molecule has 2 N–H and O–H groups in total. The lowest BCUT2D eigenvalue weighted by Gasteiger charge is -2.48. The van der Waals surface area contributed by atoms with E-state index in [1.54, 1.807) is 12.1 Å². The highest BCUT2D eigenvalue weighted by Crippen LogP contribution is 2.43. The fourth-order valence-electron chi connectivity index (χ4n) is 2.93. The Morgan fingerprint density at radius 1 is 1.24 bits per heavy atom. The molecule has 0 heterocycles. The van der Waals surface area contributed by atoms with Gasteiger partial charge in [-0.15, -0.1) is 0 Å². The molecule has 1 aliphatic rings. The number of rotatable bonds is 2. The van der Waals surface area contributed by atoms with Crippen LogP contribution in [0.4, 0.5) is 4.39 Å². The number of benzene rings is 1. The van der Waals surface area contributed by atoms with E-state index in [0.717, 1.165) is 18.4 Å². The van der Waals surface area contributed by atoms with Gasteiger partial charge in [-0.2, -0.15) is 0 Å². The van der Waals surface area contributed by atoms with E-state index in [9.17, 15) is 4.39 Å². The van der Waals surface area contributed by atoms with Crippen LogP contribution in [-0.4, -0.2) is 5.54 Å². The summed E-state index contributed by atoms with van der Waals surface area (Å²) >= 11 is 0. The Bertz CT molecular complexity index is 400. The van der Waals surface area contributed by atoms with Gasteiger partial charge in [0, 0.05) is 5.54 Å². The van der Waals surface area contributed by atoms with Crippen LogP contribution in [0.25, 0.3) is 0 Å². The molecule has 0 amide bonds. The third-order valence-electron chi connectivity index (χ3n) is 4.43. The summed E-state index contributed by atoms with van der Waals surface area (Å²) in [6, 6.07) is 6.84. The largest absolute Gasteiger partial charge is 0.324 e. The Morgan fingerprint density at radius 3 is 2.59 bits per heavy atom. The summed E-state index contributed by atoms with van der Waals surface area (Å²) in [6.45, 7) is 4.48. The van der Waals surface area contributed by atoms with Crippen molar-refractivity contribution in [2.45, 2.75) is 51.5 Å². The number of nitrogens with two attached hydrogens (primary N) is 1. The molecule has 1 aromatic rings. The molecule has 1 fully saturated rings. The maximum atomic E-state index is 13.2. The Balaban J connectivity index is 2.21. The molecule has 17 heavy (non-hydrogen) atoms. The molecule has 0 bridgehead atoms. The quantitative estimate of drug-likeness (QED) is 0.831. The van der Waals surface area contributed by atoms with Gasteiger partial charge in [-0.25, -0.2) is 4.39 Å². The van der Waals surface area contributed by atoms with Crippen LogP contribution in [0.2, 0.25) is 0 Å². The fourth-order valence-corrected chi connectivity index (χ4v) is 2.93. The summed E-state index contributed by atoms with van der Waals surface area (Å²) in [6.07, 6.45) is 5.43. The molecule has 1 aromatic carbocycles. The average Bonchev–Trinajstić information content (AvgIpc) is 2.23. The van der Waals surface area contributed by atoms with E-state index in [4.69, 9.17) is 5.73 Å². The number of hydrogen-bond acceptors (Lipinski definition) is 1. The van der Waals surface area contributed by atoms with Crippen LogP contribution in [-0.2, 0) is 6.42 Å². The zero-order valence-electron chi connectivity index (χ0n) is 10.8. The highest BCUT2D eigenvalue weighted by atomic mass is 19.1. The van der Waals surface area contributed by atoms with Gasteiger partial charge < -0.3 is 5.73 Å². The van der Waals surface area contributed by atoms with Gasteiger partial charge in [0.25, 0.3) is 0 Å². The summed E-state index contributed by atoms with van der Waals surface area (Å²) in [5.41, 5.74) is 7.55. The molecule has 94 valence electrons. The molecule has 0 aliphatic heterocycles. The van der Waals surface area contributed by atoms with Crippen molar-refractivity contribution < 1.29 is 4.39 Å². The van der Waals surface area contributed by atoms with Crippen LogP contribution < -0.4 is 5.73 Å². The summed E-state index contributed by atoms with van der Waals surface area (Å²) in [5, 5.41) is 0. The van der Waals surface area contributed by atoms with Gasteiger partial charge in [0.2, 0.25) is 0 Å². The fraction of sp³-hybridized carbons (Fsp3) is 0.600. The smallest absolute Gasteiger partial charge is 0.123 e. The predicted octanol–water partition coefficient (Wildman–Crippen LogP) is 3.67. The van der Waals surface area contributed by atoms with E-state index < -0.39 is 0 Å². The Hall–Kier alpha value is -0.890. The SMILES string of the molecule is CC1(C)CCCCC1(N)Cc1cccc(F)c1. The predicted molar refractivity (Wildman–Crippen MR) is 69.3 cm³/mol. The third-order valence-corrected chi connectivity index (χ3v) is 4.43. The van der Waals surface area contributed by atoms with Crippen molar-refractivity contribution in [2.75, 3.05) is 0 Å². The molecule has 1 nitrogen and oxygen atoms in total. The summed E-state index contributed by atoms with van der Waals surface area (Å²) < 4.78 is 13.2. The molecule has 0 radical (unpaired) electrons. The lowest BCUT2D eigenvalue weighted by Crippen LogP contribution is -2.56. The van der Waals surface area contributed by atoms with Gasteiger partial charge in [0.15, 0.2) is 0 Å². The van der Waals surface area contributed by atoms with Crippen LogP contribution >= 0.6 is 0 Å². The Labute approximate surface area is 103 Å². The molecule has 1 unspecified atom stereocenters. The minimum absolute atomic E-state index is 0.136. The highest BCUT2D eigenvalue weighted by Gasteiger charge is 2.43. The van der Waals surface area contributed by atoms with Gasteiger partial charge in [0.05, 0.1) is 0 Å². The van der Waals surface area contributed by atoms with Crippen molar-refractivity contribution in [3.05, 3.63) is 35.6 Å². The van der Waals surface area contributed by atoms with E-state index in [1.807, 2.05) is 6.07 Å². The van der Waals surface area contributed by atoms with Crippen molar-refractivity contribution in [1.29, 1.82) is 0 Å². The second kappa shape index (κ2) is 4.41. The zero-order chi connectivity index (χ0) is 12.5. The molecule has 1 aliphatic carbocycles. The minimum Gasteiger partial charge on any atom is -0.324 e. The lowest BCUT2D eigenvalue weighted by atomic mass is 9.61. The van der Waals surface area contributed by atoms with E-state index in [0.29, 0.717) is 0 Å². The molecule has 1 saturated carbocycles. The van der Waals surface area contributed by atoms with Crippen LogP contribution in [0.5, 0.6) is 0 Å². The molecular formula is C15H22FN. The van der Waals surface area contributed by atoms with Gasteiger partial charge in [0.1, 0.15) is 5.82 Å². The minimum atomic E-state index is -0.195. The molecule has 0 aromatic heterocycles. The first kappa shape index (κ1) is 12.6. The Morgan fingerprint density at radius 2 is 1.94 bits per heavy atom. The average molecular weight is 235 g/mol. The molecular weight excluding hydrogens is 213 g/mol. The van der Waals surface area contributed by atoms with Crippen LogP contribution in [0.1, 0.15) is 45.1 Å². The van der Waals surface area contributed by atoms with E-state index in [-0.39, 0.29) is 16.8 Å². The van der Waals surface area contributed by atoms with Gasteiger partial charge in [-0.3, -0.25) is 0 Å².